The number of hydrogen-bond donors (Lipinski definition) is 0. The highest BCUT2D eigenvalue weighted by Crippen LogP contribution is 2.65. The summed E-state index contributed by atoms with van der Waals surface area (Å²) < 4.78 is 29.7. The molecule has 0 aromatic carbocycles. The standard InChI is InChI=1S/C17H35N2O5P/c1-11-17(25(21,22-9)23-10)12-19(14(20)24-16(5,6)7)13(18(17)8)15(2,3)4/h13H,11-12H2,1-10H3/t13-,17-/m1/s1. The molecular weight excluding hydrogens is 343 g/mol. The molecule has 0 aromatic heterocycles. The van der Waals surface area contributed by atoms with Gasteiger partial charge >= 0.3 is 13.7 Å². The largest absolute Gasteiger partial charge is 0.444 e. The number of hydrogen-bond acceptors (Lipinski definition) is 6. The third kappa shape index (κ3) is 4.05. The van der Waals surface area contributed by atoms with Crippen molar-refractivity contribution in [1.29, 1.82) is 0 Å². The molecule has 25 heavy (non-hydrogen) atoms. The van der Waals surface area contributed by atoms with Crippen LogP contribution in [0, 0.1) is 5.41 Å². The van der Waals surface area contributed by atoms with Crippen molar-refractivity contribution in [3.8, 4) is 0 Å². The van der Waals surface area contributed by atoms with E-state index < -0.39 is 24.6 Å². The molecule has 1 aliphatic heterocycles. The van der Waals surface area contributed by atoms with Crippen molar-refractivity contribution in [2.75, 3.05) is 27.8 Å². The lowest BCUT2D eigenvalue weighted by Crippen LogP contribution is -2.52. The van der Waals surface area contributed by atoms with Crippen molar-refractivity contribution in [3.63, 3.8) is 0 Å². The van der Waals surface area contributed by atoms with E-state index in [0.717, 1.165) is 0 Å². The van der Waals surface area contributed by atoms with Gasteiger partial charge in [-0.3, -0.25) is 14.4 Å². The highest BCUT2D eigenvalue weighted by molar-refractivity contribution is 7.55. The van der Waals surface area contributed by atoms with E-state index in [1.54, 1.807) is 4.90 Å². The summed E-state index contributed by atoms with van der Waals surface area (Å²) in [6.07, 6.45) is -0.219. The summed E-state index contributed by atoms with van der Waals surface area (Å²) in [5, 5.41) is -0.925. The fraction of sp³-hybridized carbons (Fsp3) is 0.941. The monoisotopic (exact) mass is 378 g/mol. The summed E-state index contributed by atoms with van der Waals surface area (Å²) in [5.74, 6) is 0. The van der Waals surface area contributed by atoms with Gasteiger partial charge < -0.3 is 13.8 Å². The number of carbonyl (C=O) groups excluding carboxylic acids is 1. The number of nitrogens with zero attached hydrogens (tertiary/aromatic N) is 2. The minimum atomic E-state index is -3.47. The van der Waals surface area contributed by atoms with Crippen molar-refractivity contribution < 1.29 is 23.1 Å². The topological polar surface area (TPSA) is 68.3 Å². The van der Waals surface area contributed by atoms with Crippen molar-refractivity contribution in [3.05, 3.63) is 0 Å². The Morgan fingerprint density at radius 3 is 1.96 bits per heavy atom. The number of likely N-dealkylation sites (N-methyl/N-ethyl adjacent to an activating group) is 1. The van der Waals surface area contributed by atoms with Crippen LogP contribution in [0.1, 0.15) is 54.9 Å². The van der Waals surface area contributed by atoms with E-state index in [1.165, 1.54) is 14.2 Å². The fourth-order valence-corrected chi connectivity index (χ4v) is 5.73. The number of rotatable bonds is 4. The van der Waals surface area contributed by atoms with Crippen LogP contribution in [0.25, 0.3) is 0 Å². The SMILES string of the molecule is CC[C@@]1(P(=O)(OC)OC)CN(C(=O)OC(C)(C)C)[C@H](C(C)(C)C)N1C. The lowest BCUT2D eigenvalue weighted by atomic mass is 9.91. The Kier molecular flexibility index (Phi) is 6.44. The van der Waals surface area contributed by atoms with Gasteiger partial charge in [-0.15, -0.1) is 0 Å². The Morgan fingerprint density at radius 1 is 1.16 bits per heavy atom. The highest BCUT2D eigenvalue weighted by atomic mass is 31.2. The third-order valence-electron chi connectivity index (χ3n) is 4.70. The first-order chi connectivity index (χ1) is 11.2. The van der Waals surface area contributed by atoms with Gasteiger partial charge in [-0.1, -0.05) is 27.7 Å². The van der Waals surface area contributed by atoms with Gasteiger partial charge in [0.15, 0.2) is 0 Å². The average molecular weight is 378 g/mol. The van der Waals surface area contributed by atoms with Gasteiger partial charge in [0.05, 0.1) is 12.7 Å². The van der Waals surface area contributed by atoms with E-state index in [0.29, 0.717) is 6.42 Å². The highest BCUT2D eigenvalue weighted by Gasteiger charge is 2.63. The summed E-state index contributed by atoms with van der Waals surface area (Å²) in [6, 6.07) is 0. The first-order valence-corrected chi connectivity index (χ1v) is 10.2. The van der Waals surface area contributed by atoms with Crippen LogP contribution in [0.4, 0.5) is 4.79 Å². The lowest BCUT2D eigenvalue weighted by molar-refractivity contribution is -0.00874. The van der Waals surface area contributed by atoms with Crippen molar-refractivity contribution in [1.82, 2.24) is 9.80 Å². The minimum absolute atomic E-state index is 0.218. The Balaban J connectivity index is 3.44. The molecule has 0 saturated carbocycles. The second-order valence-corrected chi connectivity index (χ2v) is 11.2. The van der Waals surface area contributed by atoms with Gasteiger partial charge in [0.1, 0.15) is 10.9 Å². The van der Waals surface area contributed by atoms with E-state index in [4.69, 9.17) is 13.8 Å². The maximum atomic E-state index is 13.4. The summed E-state index contributed by atoms with van der Waals surface area (Å²) in [4.78, 5) is 16.5. The molecule has 1 fully saturated rings. The molecule has 8 heteroatoms. The molecule has 148 valence electrons. The summed E-state index contributed by atoms with van der Waals surface area (Å²) >= 11 is 0. The molecule has 0 aromatic rings. The Morgan fingerprint density at radius 2 is 1.64 bits per heavy atom. The molecule has 2 atom stereocenters. The molecule has 1 rings (SSSR count). The number of amides is 1. The molecule has 0 bridgehead atoms. The fourth-order valence-electron chi connectivity index (χ4n) is 3.69. The molecule has 0 spiro atoms. The molecule has 0 unspecified atom stereocenters. The molecule has 1 saturated heterocycles. The van der Waals surface area contributed by atoms with Crippen molar-refractivity contribution in [2.24, 2.45) is 5.41 Å². The molecule has 0 radical (unpaired) electrons. The first-order valence-electron chi connectivity index (χ1n) is 8.63. The molecule has 0 N–H and O–H groups in total. The maximum absolute atomic E-state index is 13.4. The predicted molar refractivity (Wildman–Crippen MR) is 98.6 cm³/mol. The molecule has 0 aliphatic carbocycles. The van der Waals surface area contributed by atoms with Crippen LogP contribution >= 0.6 is 7.60 Å². The van der Waals surface area contributed by atoms with Crippen LogP contribution in [-0.4, -0.2) is 60.8 Å². The number of ether oxygens (including phenoxy) is 1. The van der Waals surface area contributed by atoms with Gasteiger partial charge in [-0.05, 0) is 39.7 Å². The quantitative estimate of drug-likeness (QED) is 0.685. The zero-order valence-corrected chi connectivity index (χ0v) is 18.3. The van der Waals surface area contributed by atoms with E-state index >= 15 is 0 Å². The molecule has 1 aliphatic rings. The zero-order chi connectivity index (χ0) is 19.8. The zero-order valence-electron chi connectivity index (χ0n) is 17.4. The Labute approximate surface area is 152 Å². The van der Waals surface area contributed by atoms with E-state index in [-0.39, 0.29) is 18.1 Å². The third-order valence-corrected chi connectivity index (χ3v) is 7.46. The second kappa shape index (κ2) is 7.18. The molecule has 7 nitrogen and oxygen atoms in total. The summed E-state index contributed by atoms with van der Waals surface area (Å²) in [6.45, 7) is 13.8. The maximum Gasteiger partial charge on any atom is 0.411 e. The van der Waals surface area contributed by atoms with Gasteiger partial charge in [-0.2, -0.15) is 0 Å². The average Bonchev–Trinajstić information content (AvgIpc) is 2.79. The smallest absolute Gasteiger partial charge is 0.411 e. The van der Waals surface area contributed by atoms with Crippen LogP contribution in [0.5, 0.6) is 0 Å². The van der Waals surface area contributed by atoms with Crippen molar-refractivity contribution in [2.45, 2.75) is 71.9 Å². The van der Waals surface area contributed by atoms with E-state index in [9.17, 15) is 9.36 Å². The van der Waals surface area contributed by atoms with E-state index in [2.05, 4.69) is 0 Å². The summed E-state index contributed by atoms with van der Waals surface area (Å²) in [5.41, 5.74) is -0.892. The van der Waals surface area contributed by atoms with Crippen LogP contribution < -0.4 is 0 Å². The van der Waals surface area contributed by atoms with Crippen LogP contribution in [-0.2, 0) is 18.3 Å². The first kappa shape index (κ1) is 22.4. The summed E-state index contributed by atoms with van der Waals surface area (Å²) in [7, 11) is 1.17. The van der Waals surface area contributed by atoms with Gasteiger partial charge in [0, 0.05) is 14.2 Å². The van der Waals surface area contributed by atoms with Gasteiger partial charge in [0.25, 0.3) is 0 Å². The predicted octanol–water partition coefficient (Wildman–Crippen LogP) is 4.13. The second-order valence-electron chi connectivity index (χ2n) is 8.66. The lowest BCUT2D eigenvalue weighted by Gasteiger charge is -2.43. The normalized spacial score (nSPS) is 26.2. The van der Waals surface area contributed by atoms with Crippen LogP contribution in [0.3, 0.4) is 0 Å². The minimum Gasteiger partial charge on any atom is -0.444 e. The molecule has 1 heterocycles. The van der Waals surface area contributed by atoms with Gasteiger partial charge in [-0.25, -0.2) is 4.79 Å². The Bertz CT molecular complexity index is 532. The molecular formula is C17H35N2O5P. The number of carbonyl (C=O) groups is 1. The van der Waals surface area contributed by atoms with Crippen LogP contribution in [0.2, 0.25) is 0 Å². The van der Waals surface area contributed by atoms with Crippen molar-refractivity contribution >= 4 is 13.7 Å². The Hall–Kier alpha value is -0.620. The van der Waals surface area contributed by atoms with Gasteiger partial charge in [0.2, 0.25) is 0 Å². The van der Waals surface area contributed by atoms with E-state index in [1.807, 2.05) is 60.4 Å². The molecule has 1 amide bonds. The van der Waals surface area contributed by atoms with Crippen LogP contribution in [0.15, 0.2) is 0 Å².